The SMILES string of the molecule is Cc1cccc2nc(C(C)Cl)n(CC3(N(C)C)CCC3)c12. The van der Waals surface area contributed by atoms with Crippen molar-refractivity contribution in [1.29, 1.82) is 0 Å². The molecule has 2 aromatic rings. The summed E-state index contributed by atoms with van der Waals surface area (Å²) in [6.07, 6.45) is 3.82. The molecular weight excluding hydrogens is 282 g/mol. The lowest BCUT2D eigenvalue weighted by Crippen LogP contribution is -2.53. The normalized spacial score (nSPS) is 19.0. The highest BCUT2D eigenvalue weighted by molar-refractivity contribution is 6.20. The second kappa shape index (κ2) is 5.29. The monoisotopic (exact) mass is 305 g/mol. The Hall–Kier alpha value is -1.06. The third-order valence-electron chi connectivity index (χ3n) is 5.04. The lowest BCUT2D eigenvalue weighted by Gasteiger charge is -2.48. The van der Waals surface area contributed by atoms with Crippen LogP contribution in [0.25, 0.3) is 11.0 Å². The van der Waals surface area contributed by atoms with Crippen LogP contribution < -0.4 is 0 Å². The molecule has 0 N–H and O–H groups in total. The minimum absolute atomic E-state index is 0.0731. The maximum atomic E-state index is 6.40. The van der Waals surface area contributed by atoms with Crippen molar-refractivity contribution >= 4 is 22.6 Å². The summed E-state index contributed by atoms with van der Waals surface area (Å²) in [5.41, 5.74) is 3.84. The molecule has 1 fully saturated rings. The average Bonchev–Trinajstić information content (AvgIpc) is 2.73. The molecule has 1 aliphatic carbocycles. The second-order valence-corrected chi connectivity index (χ2v) is 7.24. The fourth-order valence-electron chi connectivity index (χ4n) is 3.47. The van der Waals surface area contributed by atoms with Gasteiger partial charge in [0.25, 0.3) is 0 Å². The predicted molar refractivity (Wildman–Crippen MR) is 89.0 cm³/mol. The molecule has 1 aromatic heterocycles. The zero-order valence-electron chi connectivity index (χ0n) is 13.4. The number of halogens is 1. The van der Waals surface area contributed by atoms with Crippen LogP contribution in [0.4, 0.5) is 0 Å². The molecule has 1 atom stereocenters. The van der Waals surface area contributed by atoms with Crippen molar-refractivity contribution in [3.63, 3.8) is 0 Å². The number of hydrogen-bond acceptors (Lipinski definition) is 2. The molecule has 21 heavy (non-hydrogen) atoms. The number of imidazole rings is 1. The number of nitrogens with zero attached hydrogens (tertiary/aromatic N) is 3. The Bertz CT molecular complexity index is 653. The molecule has 1 heterocycles. The van der Waals surface area contributed by atoms with E-state index in [1.165, 1.54) is 30.3 Å². The molecule has 1 aromatic carbocycles. The number of hydrogen-bond donors (Lipinski definition) is 0. The first-order valence-electron chi connectivity index (χ1n) is 7.72. The number of alkyl halides is 1. The Labute approximate surface area is 131 Å². The number of aromatic nitrogens is 2. The van der Waals surface area contributed by atoms with Gasteiger partial charge < -0.3 is 9.47 Å². The molecule has 1 aliphatic rings. The van der Waals surface area contributed by atoms with Crippen LogP contribution in [0.3, 0.4) is 0 Å². The van der Waals surface area contributed by atoms with Gasteiger partial charge in [-0.2, -0.15) is 0 Å². The van der Waals surface area contributed by atoms with Gasteiger partial charge >= 0.3 is 0 Å². The summed E-state index contributed by atoms with van der Waals surface area (Å²) in [4.78, 5) is 7.17. The summed E-state index contributed by atoms with van der Waals surface area (Å²) in [5.74, 6) is 0.995. The highest BCUT2D eigenvalue weighted by Gasteiger charge is 2.40. The van der Waals surface area contributed by atoms with Gasteiger partial charge in [-0.3, -0.25) is 0 Å². The molecule has 3 nitrogen and oxygen atoms in total. The molecule has 0 aliphatic heterocycles. The van der Waals surface area contributed by atoms with E-state index in [-0.39, 0.29) is 10.9 Å². The number of likely N-dealkylation sites (N-methyl/N-ethyl adjacent to an activating group) is 1. The molecule has 0 amide bonds. The summed E-state index contributed by atoms with van der Waals surface area (Å²) < 4.78 is 2.36. The van der Waals surface area contributed by atoms with Gasteiger partial charge in [0.15, 0.2) is 0 Å². The maximum absolute atomic E-state index is 6.40. The lowest BCUT2D eigenvalue weighted by molar-refractivity contribution is 0.0427. The van der Waals surface area contributed by atoms with Crippen molar-refractivity contribution in [2.75, 3.05) is 14.1 Å². The Morgan fingerprint density at radius 1 is 1.38 bits per heavy atom. The van der Waals surface area contributed by atoms with Crippen LogP contribution in [0, 0.1) is 6.92 Å². The molecule has 0 saturated heterocycles. The van der Waals surface area contributed by atoms with E-state index >= 15 is 0 Å². The molecule has 114 valence electrons. The first-order chi connectivity index (χ1) is 9.94. The number of fused-ring (bicyclic) bond motifs is 1. The van der Waals surface area contributed by atoms with Gasteiger partial charge in [-0.05, 0) is 58.8 Å². The molecule has 1 saturated carbocycles. The predicted octanol–water partition coefficient (Wildman–Crippen LogP) is 4.13. The van der Waals surface area contributed by atoms with E-state index in [9.17, 15) is 0 Å². The lowest BCUT2D eigenvalue weighted by atomic mass is 9.75. The van der Waals surface area contributed by atoms with Crippen LogP contribution >= 0.6 is 11.6 Å². The third-order valence-corrected chi connectivity index (χ3v) is 5.23. The standard InChI is InChI=1S/C17H24ClN3/c1-12-7-5-8-14-15(12)21(16(19-14)13(2)18)11-17(20(3)4)9-6-10-17/h5,7-8,13H,6,9-11H2,1-4H3. The summed E-state index contributed by atoms with van der Waals surface area (Å²) in [7, 11) is 4.38. The minimum atomic E-state index is -0.0731. The maximum Gasteiger partial charge on any atom is 0.127 e. The third kappa shape index (κ3) is 2.36. The van der Waals surface area contributed by atoms with Gasteiger partial charge in [-0.25, -0.2) is 4.98 Å². The number of rotatable bonds is 4. The zero-order chi connectivity index (χ0) is 15.2. The van der Waals surface area contributed by atoms with Crippen molar-refractivity contribution in [3.8, 4) is 0 Å². The Morgan fingerprint density at radius 2 is 2.10 bits per heavy atom. The van der Waals surface area contributed by atoms with E-state index < -0.39 is 0 Å². The molecular formula is C17H24ClN3. The highest BCUT2D eigenvalue weighted by atomic mass is 35.5. The number of para-hydroxylation sites is 1. The summed E-state index contributed by atoms with van der Waals surface area (Å²) in [6.45, 7) is 5.15. The quantitative estimate of drug-likeness (QED) is 0.792. The molecule has 0 bridgehead atoms. The van der Waals surface area contributed by atoms with E-state index in [4.69, 9.17) is 16.6 Å². The van der Waals surface area contributed by atoms with Crippen molar-refractivity contribution in [2.24, 2.45) is 0 Å². The summed E-state index contributed by atoms with van der Waals surface area (Å²) in [5, 5.41) is -0.0731. The smallest absolute Gasteiger partial charge is 0.127 e. The topological polar surface area (TPSA) is 21.1 Å². The van der Waals surface area contributed by atoms with Gasteiger partial charge in [-0.15, -0.1) is 11.6 Å². The first kappa shape index (κ1) is 14.9. The van der Waals surface area contributed by atoms with Crippen LogP contribution in [-0.2, 0) is 6.54 Å². The largest absolute Gasteiger partial charge is 0.325 e. The summed E-state index contributed by atoms with van der Waals surface area (Å²) >= 11 is 6.40. The first-order valence-corrected chi connectivity index (χ1v) is 8.15. The van der Waals surface area contributed by atoms with E-state index in [0.29, 0.717) is 0 Å². The zero-order valence-corrected chi connectivity index (χ0v) is 14.1. The molecule has 3 rings (SSSR count). The van der Waals surface area contributed by atoms with Crippen LogP contribution in [0.15, 0.2) is 18.2 Å². The fourth-order valence-corrected chi connectivity index (χ4v) is 3.64. The van der Waals surface area contributed by atoms with Crippen LogP contribution in [-0.4, -0.2) is 34.1 Å². The van der Waals surface area contributed by atoms with Gasteiger partial charge in [0.2, 0.25) is 0 Å². The van der Waals surface area contributed by atoms with E-state index in [1.54, 1.807) is 0 Å². The Morgan fingerprint density at radius 3 is 2.62 bits per heavy atom. The number of aryl methyl sites for hydroxylation is 1. The van der Waals surface area contributed by atoms with Gasteiger partial charge in [0.05, 0.1) is 16.4 Å². The molecule has 0 spiro atoms. The van der Waals surface area contributed by atoms with E-state index in [0.717, 1.165) is 17.9 Å². The molecule has 4 heteroatoms. The van der Waals surface area contributed by atoms with Crippen molar-refractivity contribution in [1.82, 2.24) is 14.5 Å². The fraction of sp³-hybridized carbons (Fsp3) is 0.588. The van der Waals surface area contributed by atoms with Gasteiger partial charge in [0, 0.05) is 12.1 Å². The van der Waals surface area contributed by atoms with Crippen LogP contribution in [0.5, 0.6) is 0 Å². The second-order valence-electron chi connectivity index (χ2n) is 6.59. The highest BCUT2D eigenvalue weighted by Crippen LogP contribution is 2.39. The van der Waals surface area contributed by atoms with E-state index in [1.807, 2.05) is 6.92 Å². The van der Waals surface area contributed by atoms with Gasteiger partial charge in [0.1, 0.15) is 5.82 Å². The number of benzene rings is 1. The molecule has 1 unspecified atom stereocenters. The van der Waals surface area contributed by atoms with Crippen LogP contribution in [0.2, 0.25) is 0 Å². The van der Waals surface area contributed by atoms with Crippen LogP contribution in [0.1, 0.15) is 43.0 Å². The summed E-state index contributed by atoms with van der Waals surface area (Å²) in [6, 6.07) is 6.32. The van der Waals surface area contributed by atoms with Crippen molar-refractivity contribution < 1.29 is 0 Å². The molecule has 0 radical (unpaired) electrons. The Kier molecular flexibility index (Phi) is 3.74. The Balaban J connectivity index is 2.13. The van der Waals surface area contributed by atoms with Crippen molar-refractivity contribution in [3.05, 3.63) is 29.6 Å². The minimum Gasteiger partial charge on any atom is -0.325 e. The average molecular weight is 306 g/mol. The van der Waals surface area contributed by atoms with E-state index in [2.05, 4.69) is 48.7 Å². The van der Waals surface area contributed by atoms with Gasteiger partial charge in [-0.1, -0.05) is 12.1 Å². The van der Waals surface area contributed by atoms with Crippen molar-refractivity contribution in [2.45, 2.75) is 50.6 Å².